The average molecular weight is 459 g/mol. The van der Waals surface area contributed by atoms with Crippen LogP contribution in [0.4, 0.5) is 13.2 Å². The quantitative estimate of drug-likeness (QED) is 0.460. The Morgan fingerprint density at radius 3 is 2.25 bits per heavy atom. The summed E-state index contributed by atoms with van der Waals surface area (Å²) < 4.78 is 38.3. The summed E-state index contributed by atoms with van der Waals surface area (Å²) >= 11 is 0. The molecule has 2 N–H and O–H groups in total. The van der Waals surface area contributed by atoms with Gasteiger partial charge in [-0.05, 0) is 123 Å². The number of aliphatic hydroxyl groups excluding tert-OH is 1. The van der Waals surface area contributed by atoms with Gasteiger partial charge >= 0.3 is 6.18 Å². The number of fused-ring (bicyclic) bond motifs is 5. The number of alkyl halides is 3. The van der Waals surface area contributed by atoms with Crippen LogP contribution in [0.1, 0.15) is 105 Å². The first-order valence-corrected chi connectivity index (χ1v) is 13.3. The number of hydrogen-bond acceptors (Lipinski definition) is 2. The zero-order valence-corrected chi connectivity index (χ0v) is 20.6. The molecule has 0 amide bonds. The van der Waals surface area contributed by atoms with E-state index >= 15 is 0 Å². The van der Waals surface area contributed by atoms with Crippen molar-refractivity contribution >= 4 is 0 Å². The topological polar surface area (TPSA) is 40.5 Å². The predicted octanol–water partition coefficient (Wildman–Crippen LogP) is 7.13. The van der Waals surface area contributed by atoms with Gasteiger partial charge < -0.3 is 10.2 Å². The van der Waals surface area contributed by atoms with Gasteiger partial charge in [-0.2, -0.15) is 13.2 Å². The van der Waals surface area contributed by atoms with Crippen molar-refractivity contribution in [2.45, 2.75) is 123 Å². The van der Waals surface area contributed by atoms with Crippen molar-refractivity contribution < 1.29 is 23.4 Å². The van der Waals surface area contributed by atoms with Gasteiger partial charge in [-0.3, -0.25) is 0 Å². The van der Waals surface area contributed by atoms with Gasteiger partial charge in [-0.1, -0.05) is 27.7 Å². The van der Waals surface area contributed by atoms with E-state index < -0.39 is 17.9 Å². The van der Waals surface area contributed by atoms with Gasteiger partial charge in [-0.25, -0.2) is 0 Å². The third-order valence-electron chi connectivity index (χ3n) is 11.5. The second-order valence-corrected chi connectivity index (χ2v) is 12.8. The molecule has 4 rings (SSSR count). The molecule has 4 aliphatic carbocycles. The second kappa shape index (κ2) is 8.43. The van der Waals surface area contributed by atoms with Gasteiger partial charge in [0.1, 0.15) is 6.10 Å². The summed E-state index contributed by atoms with van der Waals surface area (Å²) in [5, 5.41) is 20.4. The summed E-state index contributed by atoms with van der Waals surface area (Å²) in [6.45, 7) is 9.19. The molecule has 4 aliphatic rings. The minimum atomic E-state index is -4.50. The number of rotatable bonds is 5. The highest BCUT2D eigenvalue weighted by Crippen LogP contribution is 2.69. The Labute approximate surface area is 192 Å². The molecule has 4 fully saturated rings. The van der Waals surface area contributed by atoms with E-state index in [0.29, 0.717) is 29.6 Å². The number of halogens is 3. The maximum absolute atomic E-state index is 12.8. The van der Waals surface area contributed by atoms with E-state index in [1.807, 2.05) is 0 Å². The van der Waals surface area contributed by atoms with Gasteiger partial charge in [-0.15, -0.1) is 0 Å². The fraction of sp³-hybridized carbons (Fsp3) is 1.00. The molecule has 0 spiro atoms. The lowest BCUT2D eigenvalue weighted by Crippen LogP contribution is -2.56. The molecule has 0 radical (unpaired) electrons. The summed E-state index contributed by atoms with van der Waals surface area (Å²) in [6.07, 6.45) is 4.76. The normalized spacial score (nSPS) is 48.5. The largest absolute Gasteiger partial charge is 0.414 e. The van der Waals surface area contributed by atoms with Crippen LogP contribution in [0.5, 0.6) is 0 Å². The van der Waals surface area contributed by atoms with E-state index in [1.165, 1.54) is 32.1 Å². The fourth-order valence-electron chi connectivity index (χ4n) is 9.40. The van der Waals surface area contributed by atoms with E-state index in [1.54, 1.807) is 0 Å². The van der Waals surface area contributed by atoms with Crippen molar-refractivity contribution in [2.24, 2.45) is 46.3 Å². The van der Waals surface area contributed by atoms with Crippen molar-refractivity contribution in [3.8, 4) is 0 Å². The van der Waals surface area contributed by atoms with E-state index in [0.717, 1.165) is 43.9 Å². The van der Waals surface area contributed by atoms with Gasteiger partial charge in [0.15, 0.2) is 0 Å². The summed E-state index contributed by atoms with van der Waals surface area (Å²) in [7, 11) is 0. The lowest BCUT2D eigenvalue weighted by molar-refractivity contribution is -0.206. The molecular formula is C27H45F3O2. The molecular weight excluding hydrogens is 413 g/mol. The van der Waals surface area contributed by atoms with E-state index in [2.05, 4.69) is 27.7 Å². The predicted molar refractivity (Wildman–Crippen MR) is 121 cm³/mol. The van der Waals surface area contributed by atoms with Crippen LogP contribution in [-0.4, -0.2) is 28.1 Å². The Morgan fingerprint density at radius 2 is 1.59 bits per heavy atom. The van der Waals surface area contributed by atoms with Gasteiger partial charge in [0.2, 0.25) is 0 Å². The Kier molecular flexibility index (Phi) is 6.54. The second-order valence-electron chi connectivity index (χ2n) is 12.8. The van der Waals surface area contributed by atoms with Crippen LogP contribution in [0.15, 0.2) is 0 Å². The van der Waals surface area contributed by atoms with E-state index in [9.17, 15) is 23.4 Å². The molecule has 4 saturated carbocycles. The first-order valence-electron chi connectivity index (χ1n) is 13.3. The Morgan fingerprint density at radius 1 is 0.906 bits per heavy atom. The van der Waals surface area contributed by atoms with Crippen molar-refractivity contribution in [1.82, 2.24) is 0 Å². The standard InChI is InChI=1S/C27H45F3O2/c1-5-26(32)15-14-24(3)18(16-26)7-8-19-21-10-9-20(25(21,4)13-12-22(19)24)17(2)6-11-23(31)27(28,29)30/h17-23,31-32H,5-16H2,1-4H3/t17?,18-,19-,20+,21-,22-,23?,24-,25+,26-/m0/s1. The molecule has 2 unspecified atom stereocenters. The number of aliphatic hydroxyl groups is 2. The first kappa shape index (κ1) is 24.8. The van der Waals surface area contributed by atoms with Crippen LogP contribution in [0.3, 0.4) is 0 Å². The van der Waals surface area contributed by atoms with Crippen LogP contribution in [0.25, 0.3) is 0 Å². The smallest absolute Gasteiger partial charge is 0.390 e. The molecule has 0 saturated heterocycles. The first-order chi connectivity index (χ1) is 14.8. The van der Waals surface area contributed by atoms with Gasteiger partial charge in [0.05, 0.1) is 5.60 Å². The van der Waals surface area contributed by atoms with Crippen LogP contribution in [0, 0.1) is 46.3 Å². The molecule has 5 heteroatoms. The molecule has 0 aromatic heterocycles. The lowest BCUT2D eigenvalue weighted by Gasteiger charge is -2.62. The monoisotopic (exact) mass is 458 g/mol. The Hall–Kier alpha value is -0.290. The van der Waals surface area contributed by atoms with Crippen molar-refractivity contribution in [1.29, 1.82) is 0 Å². The van der Waals surface area contributed by atoms with Crippen molar-refractivity contribution in [3.05, 3.63) is 0 Å². The van der Waals surface area contributed by atoms with Crippen LogP contribution >= 0.6 is 0 Å². The fourth-order valence-corrected chi connectivity index (χ4v) is 9.40. The van der Waals surface area contributed by atoms with E-state index in [4.69, 9.17) is 0 Å². The van der Waals surface area contributed by atoms with Crippen LogP contribution in [0.2, 0.25) is 0 Å². The zero-order valence-electron chi connectivity index (χ0n) is 20.6. The molecule has 32 heavy (non-hydrogen) atoms. The SMILES string of the molecule is CC[C@]1(O)CC[C@@]2(C)[C@@H](CC[C@@H]3[C@@H]2CC[C@]2(C)[C@@H](C(C)CCC(O)C(F)(F)F)CC[C@@H]32)C1. The maximum atomic E-state index is 12.8. The summed E-state index contributed by atoms with van der Waals surface area (Å²) in [4.78, 5) is 0. The third-order valence-corrected chi connectivity index (χ3v) is 11.5. The molecule has 0 heterocycles. The van der Waals surface area contributed by atoms with E-state index in [-0.39, 0.29) is 17.8 Å². The molecule has 186 valence electrons. The number of hydrogen-bond donors (Lipinski definition) is 2. The van der Waals surface area contributed by atoms with Crippen LogP contribution < -0.4 is 0 Å². The highest BCUT2D eigenvalue weighted by Gasteiger charge is 2.61. The molecule has 0 aromatic rings. The highest BCUT2D eigenvalue weighted by atomic mass is 19.4. The Balaban J connectivity index is 1.45. The van der Waals surface area contributed by atoms with Crippen LogP contribution in [-0.2, 0) is 0 Å². The molecule has 0 aliphatic heterocycles. The summed E-state index contributed by atoms with van der Waals surface area (Å²) in [6, 6.07) is 0. The Bertz CT molecular complexity index is 680. The minimum absolute atomic E-state index is 0.173. The summed E-state index contributed by atoms with van der Waals surface area (Å²) in [5.41, 5.74) is 0.104. The summed E-state index contributed by atoms with van der Waals surface area (Å²) in [5.74, 6) is 3.48. The van der Waals surface area contributed by atoms with Gasteiger partial charge in [0.25, 0.3) is 0 Å². The molecule has 10 atom stereocenters. The minimum Gasteiger partial charge on any atom is -0.390 e. The molecule has 2 nitrogen and oxygen atoms in total. The molecule has 0 bridgehead atoms. The average Bonchev–Trinajstić information content (AvgIpc) is 3.09. The highest BCUT2D eigenvalue weighted by molar-refractivity contribution is 5.10. The lowest BCUT2D eigenvalue weighted by atomic mass is 9.43. The molecule has 0 aromatic carbocycles. The van der Waals surface area contributed by atoms with Crippen molar-refractivity contribution in [2.75, 3.05) is 0 Å². The third kappa shape index (κ3) is 4.06. The maximum Gasteiger partial charge on any atom is 0.414 e. The van der Waals surface area contributed by atoms with Crippen molar-refractivity contribution in [3.63, 3.8) is 0 Å². The zero-order chi connectivity index (χ0) is 23.5. The van der Waals surface area contributed by atoms with Gasteiger partial charge in [0, 0.05) is 0 Å².